The lowest BCUT2D eigenvalue weighted by atomic mass is 9.99. The van der Waals surface area contributed by atoms with Crippen LogP contribution in [0.25, 0.3) is 21.9 Å². The average Bonchev–Trinajstić information content (AvgIpc) is 3.47. The van der Waals surface area contributed by atoms with E-state index >= 15 is 0 Å². The van der Waals surface area contributed by atoms with Crippen LogP contribution in [0.5, 0.6) is 34.5 Å². The van der Waals surface area contributed by atoms with Crippen LogP contribution < -0.4 is 34.1 Å². The Morgan fingerprint density at radius 2 is 1.20 bits per heavy atom. The van der Waals surface area contributed by atoms with Gasteiger partial charge in [0.15, 0.2) is 11.5 Å². The molecule has 0 fully saturated rings. The van der Waals surface area contributed by atoms with Crippen molar-refractivity contribution < 1.29 is 37.7 Å². The molecule has 0 unspecified atom stereocenters. The molecule has 10 heteroatoms. The third-order valence-electron chi connectivity index (χ3n) is 6.82. The molecule has 2 aliphatic rings. The van der Waals surface area contributed by atoms with Gasteiger partial charge in [0, 0.05) is 21.2 Å². The minimum Gasteiger partial charge on any atom is -0.493 e. The van der Waals surface area contributed by atoms with Crippen LogP contribution >= 0.6 is 31.9 Å². The Labute approximate surface area is 244 Å². The first-order chi connectivity index (χ1) is 19.3. The number of fused-ring (bicyclic) bond motifs is 5. The quantitative estimate of drug-likeness (QED) is 0.167. The van der Waals surface area contributed by atoms with Crippen LogP contribution in [0.1, 0.15) is 11.1 Å². The summed E-state index contributed by atoms with van der Waals surface area (Å²) in [6, 6.07) is 14.1. The number of hydrogen-bond donors (Lipinski definition) is 0. The van der Waals surface area contributed by atoms with Crippen LogP contribution in [0, 0.1) is 0 Å². The van der Waals surface area contributed by atoms with Crippen LogP contribution in [0.3, 0.4) is 0 Å². The zero-order chi connectivity index (χ0) is 28.3. The van der Waals surface area contributed by atoms with Gasteiger partial charge in [-0.25, -0.2) is 14.0 Å². The number of ether oxygens (including phenoxy) is 5. The van der Waals surface area contributed by atoms with Crippen molar-refractivity contribution in [2.45, 2.75) is 0 Å². The van der Waals surface area contributed by atoms with Gasteiger partial charge < -0.3 is 23.7 Å². The second kappa shape index (κ2) is 9.79. The van der Waals surface area contributed by atoms with E-state index in [4.69, 9.17) is 28.1 Å². The van der Waals surface area contributed by atoms with E-state index in [9.17, 15) is 9.59 Å². The molecule has 0 aliphatic carbocycles. The summed E-state index contributed by atoms with van der Waals surface area (Å²) in [4.78, 5) is 26.3. The predicted molar refractivity (Wildman–Crippen MR) is 154 cm³/mol. The SMILES string of the molecule is C=[O+]c1c(Br)cc(C2=c3ccc4c5c(ccc4c3OC2=O)=C(c2cc(Br)c(OC)c(OC)c2)C(=O)O5)cc1OC. The highest BCUT2D eigenvalue weighted by atomic mass is 79.9. The van der Waals surface area contributed by atoms with E-state index in [0.29, 0.717) is 86.9 Å². The maximum atomic E-state index is 13.1. The Kier molecular flexibility index (Phi) is 6.39. The number of rotatable bonds is 6. The lowest BCUT2D eigenvalue weighted by Crippen LogP contribution is -2.08. The van der Waals surface area contributed by atoms with E-state index in [1.807, 2.05) is 12.1 Å². The first-order valence-corrected chi connectivity index (χ1v) is 13.4. The molecular weight excluding hydrogens is 648 g/mol. The minimum atomic E-state index is -0.514. The van der Waals surface area contributed by atoms with Crippen molar-refractivity contribution in [1.29, 1.82) is 0 Å². The van der Waals surface area contributed by atoms with Gasteiger partial charge in [0.1, 0.15) is 16.0 Å². The third-order valence-corrected chi connectivity index (χ3v) is 8.00. The molecule has 0 radical (unpaired) electrons. The molecule has 8 nitrogen and oxygen atoms in total. The summed E-state index contributed by atoms with van der Waals surface area (Å²) in [5.41, 5.74) is 1.93. The van der Waals surface area contributed by atoms with E-state index in [1.165, 1.54) is 21.3 Å². The summed E-state index contributed by atoms with van der Waals surface area (Å²) in [6.07, 6.45) is 0. The monoisotopic (exact) mass is 665 g/mol. The highest BCUT2D eigenvalue weighted by Gasteiger charge is 2.32. The van der Waals surface area contributed by atoms with Crippen molar-refractivity contribution in [3.8, 4) is 34.5 Å². The Balaban J connectivity index is 1.58. The van der Waals surface area contributed by atoms with Crippen molar-refractivity contribution in [2.75, 3.05) is 21.3 Å². The fraction of sp³-hybridized carbons (Fsp3) is 0.100. The number of hydrogen-bond acceptors (Lipinski definition) is 7. The van der Waals surface area contributed by atoms with Crippen molar-refractivity contribution in [1.82, 2.24) is 0 Å². The van der Waals surface area contributed by atoms with Gasteiger partial charge in [-0.15, -0.1) is 0 Å². The highest BCUT2D eigenvalue weighted by molar-refractivity contribution is 9.11. The second-order valence-electron chi connectivity index (χ2n) is 8.84. The van der Waals surface area contributed by atoms with Crippen LogP contribution in [0.2, 0.25) is 0 Å². The molecule has 0 N–H and O–H groups in total. The van der Waals surface area contributed by atoms with Gasteiger partial charge in [-0.3, -0.25) is 0 Å². The normalized spacial score (nSPS) is 13.6. The molecule has 0 spiro atoms. The van der Waals surface area contributed by atoms with Crippen molar-refractivity contribution >= 4 is 72.5 Å². The van der Waals surface area contributed by atoms with E-state index in [1.54, 1.807) is 36.4 Å². The summed E-state index contributed by atoms with van der Waals surface area (Å²) < 4.78 is 34.2. The third kappa shape index (κ3) is 3.82. The highest BCUT2D eigenvalue weighted by Crippen LogP contribution is 2.42. The molecule has 4 aromatic rings. The number of benzene rings is 4. The summed E-state index contributed by atoms with van der Waals surface area (Å²) in [5, 5.41) is 2.48. The van der Waals surface area contributed by atoms with Crippen molar-refractivity contribution in [2.24, 2.45) is 0 Å². The number of methoxy groups -OCH3 is 3. The summed E-state index contributed by atoms with van der Waals surface area (Å²) in [5.74, 6) is 1.54. The molecule has 0 aromatic heterocycles. The number of esters is 2. The van der Waals surface area contributed by atoms with Crippen LogP contribution in [0.4, 0.5) is 0 Å². The molecule has 0 bridgehead atoms. The summed E-state index contributed by atoms with van der Waals surface area (Å²) in [6.45, 7) is 3.46. The van der Waals surface area contributed by atoms with Gasteiger partial charge in [-0.05, 0) is 91.5 Å². The summed E-state index contributed by atoms with van der Waals surface area (Å²) in [7, 11) is 4.56. The van der Waals surface area contributed by atoms with Crippen LogP contribution in [0.15, 0.2) is 57.5 Å². The fourth-order valence-electron chi connectivity index (χ4n) is 5.08. The molecule has 0 amide bonds. The minimum absolute atomic E-state index is 0.367. The van der Waals surface area contributed by atoms with E-state index < -0.39 is 11.9 Å². The zero-order valence-corrected chi connectivity index (χ0v) is 24.5. The number of carbonyl (C=O) groups excluding carboxylic acids is 3. The van der Waals surface area contributed by atoms with Gasteiger partial charge in [-0.1, -0.05) is 0 Å². The van der Waals surface area contributed by atoms with Crippen molar-refractivity contribution in [3.05, 3.63) is 79.0 Å². The molecule has 2 aliphatic heterocycles. The molecule has 0 saturated heterocycles. The van der Waals surface area contributed by atoms with Crippen LogP contribution in [-0.2, 0) is 14.0 Å². The van der Waals surface area contributed by atoms with E-state index in [0.717, 1.165) is 0 Å². The first-order valence-electron chi connectivity index (χ1n) is 11.8. The zero-order valence-electron chi connectivity index (χ0n) is 21.3. The molecule has 200 valence electrons. The Morgan fingerprint density at radius 3 is 1.68 bits per heavy atom. The first kappa shape index (κ1) is 26.1. The Morgan fingerprint density at radius 1 is 0.700 bits per heavy atom. The Hall–Kier alpha value is -4.15. The maximum absolute atomic E-state index is 13.1. The molecule has 4 aromatic carbocycles. The standard InChI is InChI=1S/C30H19Br2O8/c1-35-21-11-13(9-19(31)27(21)37-3)23-17-7-5-16-15(25(17)39-29(23)33)6-8-18-24(30(34)40-26(16)18)14-10-20(32)28(38-4)22(12-14)36-2/h5-12H,3H2,1-2,4H3/q+1. The van der Waals surface area contributed by atoms with Gasteiger partial charge in [0.2, 0.25) is 5.75 Å². The maximum Gasteiger partial charge on any atom is 0.407 e. The molecule has 6 rings (SSSR count). The van der Waals surface area contributed by atoms with E-state index in [-0.39, 0.29) is 0 Å². The van der Waals surface area contributed by atoms with Gasteiger partial charge in [-0.2, -0.15) is 0 Å². The fourth-order valence-corrected chi connectivity index (χ4v) is 6.25. The van der Waals surface area contributed by atoms with E-state index in [2.05, 4.69) is 38.6 Å². The molecular formula is C30H19Br2O8+. The van der Waals surface area contributed by atoms with Gasteiger partial charge in [0.05, 0.1) is 36.9 Å². The lowest BCUT2D eigenvalue weighted by molar-refractivity contribution is -0.357. The van der Waals surface area contributed by atoms with Crippen molar-refractivity contribution in [3.63, 3.8) is 0 Å². The Bertz CT molecular complexity index is 1940. The smallest absolute Gasteiger partial charge is 0.407 e. The molecule has 40 heavy (non-hydrogen) atoms. The van der Waals surface area contributed by atoms with Gasteiger partial charge >= 0.3 is 17.7 Å². The second-order valence-corrected chi connectivity index (χ2v) is 10.5. The number of carbonyl (C=O) groups is 2. The van der Waals surface area contributed by atoms with Crippen LogP contribution in [-0.4, -0.2) is 40.1 Å². The topological polar surface area (TPSA) is 91.6 Å². The lowest BCUT2D eigenvalue weighted by Gasteiger charge is -2.11. The molecule has 0 atom stereocenters. The molecule has 0 saturated carbocycles. The van der Waals surface area contributed by atoms with Gasteiger partial charge in [0.25, 0.3) is 6.79 Å². The predicted octanol–water partition coefficient (Wildman–Crippen LogP) is 4.70. The molecule has 2 heterocycles. The number of halogens is 2. The largest absolute Gasteiger partial charge is 0.493 e. The summed E-state index contributed by atoms with van der Waals surface area (Å²) >= 11 is 6.94. The average molecular weight is 667 g/mol.